The van der Waals surface area contributed by atoms with Crippen molar-refractivity contribution < 1.29 is 14.3 Å². The molecule has 2 N–H and O–H groups in total. The molecule has 0 spiro atoms. The Morgan fingerprint density at radius 3 is 2.55 bits per heavy atom. The van der Waals surface area contributed by atoms with Gasteiger partial charge in [-0.2, -0.15) is 5.26 Å². The molecule has 2 aromatic rings. The van der Waals surface area contributed by atoms with Crippen LogP contribution >= 0.6 is 15.9 Å². The third kappa shape index (κ3) is 4.56. The van der Waals surface area contributed by atoms with Crippen LogP contribution in [-0.4, -0.2) is 5.78 Å². The lowest BCUT2D eigenvalue weighted by Gasteiger charge is -2.37. The summed E-state index contributed by atoms with van der Waals surface area (Å²) >= 11 is 3.43. The first-order chi connectivity index (χ1) is 15.6. The summed E-state index contributed by atoms with van der Waals surface area (Å²) in [5.74, 6) is 0.917. The molecular weight excluding hydrogens is 480 g/mol. The van der Waals surface area contributed by atoms with Gasteiger partial charge >= 0.3 is 0 Å². The number of benzene rings is 2. The van der Waals surface area contributed by atoms with Gasteiger partial charge in [-0.25, -0.2) is 0 Å². The number of aryl methyl sites for hydroxylation is 2. The van der Waals surface area contributed by atoms with Crippen molar-refractivity contribution in [2.24, 2.45) is 11.1 Å². The number of ketones is 1. The number of hydrogen-bond donors (Lipinski definition) is 1. The molecule has 33 heavy (non-hydrogen) atoms. The molecule has 0 radical (unpaired) electrons. The Kier molecular flexibility index (Phi) is 6.11. The summed E-state index contributed by atoms with van der Waals surface area (Å²) < 4.78 is 12.8. The van der Waals surface area contributed by atoms with Gasteiger partial charge in [-0.1, -0.05) is 41.9 Å². The molecule has 0 fully saturated rings. The lowest BCUT2D eigenvalue weighted by molar-refractivity contribution is -0.119. The second kappa shape index (κ2) is 8.72. The largest absolute Gasteiger partial charge is 0.489 e. The van der Waals surface area contributed by atoms with Crippen LogP contribution in [0.3, 0.4) is 0 Å². The molecule has 1 atom stereocenters. The number of nitrogens with two attached hydrogens (primary N) is 1. The first-order valence-electron chi connectivity index (χ1n) is 10.9. The van der Waals surface area contributed by atoms with E-state index in [1.807, 2.05) is 58.0 Å². The van der Waals surface area contributed by atoms with E-state index in [1.165, 1.54) is 0 Å². The molecule has 0 saturated heterocycles. The Morgan fingerprint density at radius 2 is 1.88 bits per heavy atom. The first kappa shape index (κ1) is 23.1. The highest BCUT2D eigenvalue weighted by Gasteiger charge is 2.43. The predicted molar refractivity (Wildman–Crippen MR) is 130 cm³/mol. The molecule has 0 bridgehead atoms. The Hall–Kier alpha value is -3.04. The number of rotatable bonds is 4. The molecule has 170 valence electrons. The third-order valence-corrected chi connectivity index (χ3v) is 6.85. The van der Waals surface area contributed by atoms with E-state index < -0.39 is 5.92 Å². The van der Waals surface area contributed by atoms with Crippen molar-refractivity contribution >= 4 is 21.7 Å². The van der Waals surface area contributed by atoms with Gasteiger partial charge in [0.05, 0.1) is 5.92 Å². The molecular formula is C27H27BrN2O3. The second-order valence-corrected chi connectivity index (χ2v) is 10.5. The van der Waals surface area contributed by atoms with Gasteiger partial charge in [0.1, 0.15) is 29.8 Å². The average molecular weight is 507 g/mol. The van der Waals surface area contributed by atoms with Gasteiger partial charge in [0.15, 0.2) is 5.78 Å². The number of hydrogen-bond acceptors (Lipinski definition) is 5. The lowest BCUT2D eigenvalue weighted by Crippen LogP contribution is -2.33. The van der Waals surface area contributed by atoms with E-state index in [1.54, 1.807) is 0 Å². The number of carbonyl (C=O) groups is 1. The summed E-state index contributed by atoms with van der Waals surface area (Å²) in [6, 6.07) is 14.0. The van der Waals surface area contributed by atoms with E-state index in [2.05, 4.69) is 28.1 Å². The maximum Gasteiger partial charge on any atom is 0.205 e. The highest BCUT2D eigenvalue weighted by molar-refractivity contribution is 9.10. The van der Waals surface area contributed by atoms with Gasteiger partial charge in [-0.3, -0.25) is 4.79 Å². The minimum Gasteiger partial charge on any atom is -0.489 e. The highest BCUT2D eigenvalue weighted by atomic mass is 79.9. The Morgan fingerprint density at radius 1 is 1.18 bits per heavy atom. The molecule has 0 amide bonds. The molecule has 1 heterocycles. The van der Waals surface area contributed by atoms with Crippen molar-refractivity contribution in [3.63, 3.8) is 0 Å². The number of nitrogens with zero attached hydrogens (tertiary/aromatic N) is 1. The normalized spacial score (nSPS) is 19.6. The summed E-state index contributed by atoms with van der Waals surface area (Å²) in [6.07, 6.45) is 1.02. The van der Waals surface area contributed by atoms with Gasteiger partial charge in [-0.15, -0.1) is 0 Å². The first-order valence-corrected chi connectivity index (χ1v) is 11.7. The van der Waals surface area contributed by atoms with Crippen LogP contribution in [0.5, 0.6) is 5.75 Å². The van der Waals surface area contributed by atoms with Gasteiger partial charge in [0.25, 0.3) is 0 Å². The van der Waals surface area contributed by atoms with Crippen LogP contribution in [0.15, 0.2) is 63.7 Å². The van der Waals surface area contributed by atoms with E-state index >= 15 is 0 Å². The highest BCUT2D eigenvalue weighted by Crippen LogP contribution is 2.48. The van der Waals surface area contributed by atoms with Crippen molar-refractivity contribution in [2.45, 2.75) is 53.1 Å². The fraction of sp³-hybridized carbons (Fsp3) is 0.333. The van der Waals surface area contributed by atoms with Crippen molar-refractivity contribution in [3.05, 3.63) is 85.9 Å². The Labute approximate surface area is 203 Å². The van der Waals surface area contributed by atoms with Crippen LogP contribution in [0.25, 0.3) is 0 Å². The van der Waals surface area contributed by atoms with E-state index in [9.17, 15) is 10.1 Å². The standard InChI is InChI=1S/C27H27BrN2O3/c1-15-9-16(2)20(10-17(15)14-32-19-7-5-18(28)6-8-19)24-21(13-29)26(30)33-23-12-27(3,4)11-22(31)25(23)24/h5-10,24H,11-12,14,30H2,1-4H3/t24-/m1/s1. The van der Waals surface area contributed by atoms with Gasteiger partial charge in [-0.05, 0) is 65.8 Å². The molecule has 0 unspecified atom stereocenters. The van der Waals surface area contributed by atoms with Crippen molar-refractivity contribution in [1.29, 1.82) is 5.26 Å². The second-order valence-electron chi connectivity index (χ2n) is 9.58. The predicted octanol–water partition coefficient (Wildman–Crippen LogP) is 6.10. The maximum atomic E-state index is 13.3. The lowest BCUT2D eigenvalue weighted by atomic mass is 9.69. The number of carbonyl (C=O) groups excluding carboxylic acids is 1. The summed E-state index contributed by atoms with van der Waals surface area (Å²) in [6.45, 7) is 8.50. The molecule has 2 aliphatic rings. The molecule has 4 rings (SSSR count). The number of nitriles is 1. The Balaban J connectivity index is 1.77. The molecule has 6 heteroatoms. The minimum absolute atomic E-state index is 0.0131. The van der Waals surface area contributed by atoms with E-state index in [4.69, 9.17) is 15.2 Å². The zero-order valence-corrected chi connectivity index (χ0v) is 20.9. The average Bonchev–Trinajstić information content (AvgIpc) is 2.72. The fourth-order valence-electron chi connectivity index (χ4n) is 4.67. The summed E-state index contributed by atoms with van der Waals surface area (Å²) in [4.78, 5) is 13.3. The molecule has 1 aliphatic carbocycles. The summed E-state index contributed by atoms with van der Waals surface area (Å²) in [5.41, 5.74) is 10.8. The number of ether oxygens (including phenoxy) is 2. The van der Waals surface area contributed by atoms with Crippen LogP contribution in [0.4, 0.5) is 0 Å². The van der Waals surface area contributed by atoms with E-state index in [0.717, 1.165) is 32.5 Å². The topological polar surface area (TPSA) is 85.3 Å². The van der Waals surface area contributed by atoms with Crippen LogP contribution < -0.4 is 10.5 Å². The molecule has 5 nitrogen and oxygen atoms in total. The molecule has 2 aromatic carbocycles. The minimum atomic E-state index is -0.533. The van der Waals surface area contributed by atoms with Crippen molar-refractivity contribution in [3.8, 4) is 11.8 Å². The number of halogens is 1. The fourth-order valence-corrected chi connectivity index (χ4v) is 4.93. The monoisotopic (exact) mass is 506 g/mol. The maximum absolute atomic E-state index is 13.3. The van der Waals surface area contributed by atoms with Gasteiger partial charge < -0.3 is 15.2 Å². The quantitative estimate of drug-likeness (QED) is 0.541. The van der Waals surface area contributed by atoms with E-state index in [-0.39, 0.29) is 22.7 Å². The van der Waals surface area contributed by atoms with Gasteiger partial charge in [0, 0.05) is 22.9 Å². The van der Waals surface area contributed by atoms with Crippen LogP contribution in [0, 0.1) is 30.6 Å². The summed E-state index contributed by atoms with van der Waals surface area (Å²) in [7, 11) is 0. The van der Waals surface area contributed by atoms with Gasteiger partial charge in [0.2, 0.25) is 5.88 Å². The van der Waals surface area contributed by atoms with Crippen molar-refractivity contribution in [2.75, 3.05) is 0 Å². The van der Waals surface area contributed by atoms with Crippen LogP contribution in [0.1, 0.15) is 54.9 Å². The van der Waals surface area contributed by atoms with Crippen molar-refractivity contribution in [1.82, 2.24) is 0 Å². The number of allylic oxidation sites excluding steroid dienone is 3. The number of Topliss-reactive ketones (excluding diaryl/α,β-unsaturated/α-hetero) is 1. The SMILES string of the molecule is Cc1cc(C)c([C@@H]2C(C#N)=C(N)OC3=C2C(=O)CC(C)(C)C3)cc1COc1ccc(Br)cc1. The van der Waals surface area contributed by atoms with E-state index in [0.29, 0.717) is 30.8 Å². The van der Waals surface area contributed by atoms with Crippen LogP contribution in [-0.2, 0) is 16.1 Å². The summed E-state index contributed by atoms with van der Waals surface area (Å²) in [5, 5.41) is 9.93. The molecule has 1 aliphatic heterocycles. The molecule has 0 aromatic heterocycles. The molecule has 0 saturated carbocycles. The Bertz CT molecular complexity index is 1230. The zero-order chi connectivity index (χ0) is 23.9. The zero-order valence-electron chi connectivity index (χ0n) is 19.3. The smallest absolute Gasteiger partial charge is 0.205 e. The third-order valence-electron chi connectivity index (χ3n) is 6.32. The van der Waals surface area contributed by atoms with Crippen LogP contribution in [0.2, 0.25) is 0 Å².